The predicted molar refractivity (Wildman–Crippen MR) is 98.1 cm³/mol. The number of carbonyl (C=O) groups excluding carboxylic acids is 1. The minimum absolute atomic E-state index is 0.172. The average Bonchev–Trinajstić information content (AvgIpc) is 3.06. The van der Waals surface area contributed by atoms with E-state index in [-0.39, 0.29) is 5.91 Å². The fourth-order valence-electron chi connectivity index (χ4n) is 2.58. The van der Waals surface area contributed by atoms with Crippen molar-refractivity contribution in [3.05, 3.63) is 72.6 Å². The fraction of sp³-hybridized carbons (Fsp3) is 0. The van der Waals surface area contributed by atoms with Crippen LogP contribution in [-0.2, 0) is 0 Å². The van der Waals surface area contributed by atoms with Crippen LogP contribution < -0.4 is 11.1 Å². The monoisotopic (exact) mass is 329 g/mol. The van der Waals surface area contributed by atoms with Crippen LogP contribution in [0.15, 0.2) is 67.0 Å². The zero-order valence-electron chi connectivity index (χ0n) is 13.2. The van der Waals surface area contributed by atoms with Crippen molar-refractivity contribution >= 4 is 28.3 Å². The van der Waals surface area contributed by atoms with Crippen LogP contribution in [0.4, 0.5) is 11.4 Å². The van der Waals surface area contributed by atoms with E-state index in [1.54, 1.807) is 24.5 Å². The summed E-state index contributed by atoms with van der Waals surface area (Å²) in [7, 11) is 0. The number of pyridine rings is 1. The van der Waals surface area contributed by atoms with Crippen molar-refractivity contribution in [2.75, 3.05) is 11.1 Å². The molecule has 6 heteroatoms. The smallest absolute Gasteiger partial charge is 0.255 e. The van der Waals surface area contributed by atoms with Gasteiger partial charge < -0.3 is 16.0 Å². The van der Waals surface area contributed by atoms with Crippen LogP contribution in [0, 0.1) is 0 Å². The van der Waals surface area contributed by atoms with Gasteiger partial charge in [0.15, 0.2) is 0 Å². The van der Waals surface area contributed by atoms with Gasteiger partial charge in [0, 0.05) is 34.9 Å². The molecular formula is C19H15N5O. The second-order valence-electron chi connectivity index (χ2n) is 5.63. The lowest BCUT2D eigenvalue weighted by Crippen LogP contribution is -2.11. The van der Waals surface area contributed by atoms with E-state index in [1.165, 1.54) is 0 Å². The third kappa shape index (κ3) is 3.05. The van der Waals surface area contributed by atoms with E-state index < -0.39 is 0 Å². The summed E-state index contributed by atoms with van der Waals surface area (Å²) in [6, 6.07) is 16.4. The molecule has 2 heterocycles. The summed E-state index contributed by atoms with van der Waals surface area (Å²) in [6.07, 6.45) is 3.18. The number of nitrogens with one attached hydrogen (secondary N) is 2. The van der Waals surface area contributed by atoms with Gasteiger partial charge >= 0.3 is 0 Å². The summed E-state index contributed by atoms with van der Waals surface area (Å²) in [5, 5.41) is 2.86. The normalized spacial score (nSPS) is 10.7. The Kier molecular flexibility index (Phi) is 3.63. The number of H-pyrrole nitrogens is 1. The van der Waals surface area contributed by atoms with Gasteiger partial charge in [-0.05, 0) is 54.6 Å². The molecule has 25 heavy (non-hydrogen) atoms. The Hall–Kier alpha value is -3.67. The quantitative estimate of drug-likeness (QED) is 0.501. The van der Waals surface area contributed by atoms with Gasteiger partial charge in [-0.1, -0.05) is 0 Å². The molecule has 0 aliphatic rings. The van der Waals surface area contributed by atoms with E-state index in [1.807, 2.05) is 42.5 Å². The second-order valence-corrected chi connectivity index (χ2v) is 5.63. The molecule has 0 unspecified atom stereocenters. The number of nitrogen functional groups attached to an aromatic ring is 1. The molecule has 2 aromatic heterocycles. The molecule has 0 fully saturated rings. The standard InChI is InChI=1S/C19H15N5O/c20-14-3-6-16-17(11-14)24-18(23-16)12-1-4-15(5-2-12)22-19(25)13-7-9-21-10-8-13/h1-11H,20H2,(H,22,25)(H,23,24). The van der Waals surface area contributed by atoms with Crippen molar-refractivity contribution in [3.8, 4) is 11.4 Å². The number of hydrogen-bond donors (Lipinski definition) is 3. The molecule has 2 aromatic carbocycles. The van der Waals surface area contributed by atoms with Gasteiger partial charge in [0.25, 0.3) is 5.91 Å². The van der Waals surface area contributed by atoms with E-state index in [0.29, 0.717) is 16.9 Å². The number of anilines is 2. The van der Waals surface area contributed by atoms with E-state index in [0.717, 1.165) is 22.4 Å². The molecular weight excluding hydrogens is 314 g/mol. The zero-order valence-corrected chi connectivity index (χ0v) is 13.2. The molecule has 0 spiro atoms. The van der Waals surface area contributed by atoms with E-state index in [2.05, 4.69) is 20.3 Å². The number of hydrogen-bond acceptors (Lipinski definition) is 4. The Bertz CT molecular complexity index is 1040. The number of benzene rings is 2. The first-order valence-corrected chi connectivity index (χ1v) is 7.76. The molecule has 4 N–H and O–H groups in total. The maximum atomic E-state index is 12.1. The molecule has 6 nitrogen and oxygen atoms in total. The SMILES string of the molecule is Nc1ccc2nc(-c3ccc(NC(=O)c4ccncc4)cc3)[nH]c2c1. The molecule has 0 atom stereocenters. The Morgan fingerprint density at radius 2 is 1.76 bits per heavy atom. The summed E-state index contributed by atoms with van der Waals surface area (Å²) in [4.78, 5) is 23.9. The number of amides is 1. The van der Waals surface area contributed by atoms with Gasteiger partial charge in [0.2, 0.25) is 0 Å². The maximum Gasteiger partial charge on any atom is 0.255 e. The number of aromatic nitrogens is 3. The molecule has 0 aliphatic carbocycles. The first kappa shape index (κ1) is 14.9. The van der Waals surface area contributed by atoms with Crippen LogP contribution in [0.1, 0.15) is 10.4 Å². The Morgan fingerprint density at radius 1 is 1.00 bits per heavy atom. The van der Waals surface area contributed by atoms with Gasteiger partial charge in [0.05, 0.1) is 11.0 Å². The third-order valence-corrected chi connectivity index (χ3v) is 3.86. The highest BCUT2D eigenvalue weighted by atomic mass is 16.1. The number of nitrogens with zero attached hydrogens (tertiary/aromatic N) is 2. The minimum atomic E-state index is -0.172. The summed E-state index contributed by atoms with van der Waals surface area (Å²) >= 11 is 0. The van der Waals surface area contributed by atoms with E-state index in [9.17, 15) is 4.79 Å². The van der Waals surface area contributed by atoms with Gasteiger partial charge in [0.1, 0.15) is 5.82 Å². The largest absolute Gasteiger partial charge is 0.399 e. The lowest BCUT2D eigenvalue weighted by atomic mass is 10.2. The molecule has 0 saturated carbocycles. The first-order valence-electron chi connectivity index (χ1n) is 7.76. The molecule has 122 valence electrons. The highest BCUT2D eigenvalue weighted by Crippen LogP contribution is 2.23. The molecule has 0 radical (unpaired) electrons. The lowest BCUT2D eigenvalue weighted by Gasteiger charge is -2.05. The van der Waals surface area contributed by atoms with Crippen molar-refractivity contribution in [1.82, 2.24) is 15.0 Å². The van der Waals surface area contributed by atoms with Crippen LogP contribution in [0.3, 0.4) is 0 Å². The van der Waals surface area contributed by atoms with E-state index in [4.69, 9.17) is 5.73 Å². The lowest BCUT2D eigenvalue weighted by molar-refractivity contribution is 0.102. The van der Waals surface area contributed by atoms with Crippen LogP contribution in [0.25, 0.3) is 22.4 Å². The molecule has 4 rings (SSSR count). The van der Waals surface area contributed by atoms with Crippen molar-refractivity contribution in [1.29, 1.82) is 0 Å². The van der Waals surface area contributed by atoms with Crippen LogP contribution in [0.2, 0.25) is 0 Å². The zero-order chi connectivity index (χ0) is 17.2. The number of imidazole rings is 1. The fourth-order valence-corrected chi connectivity index (χ4v) is 2.58. The number of nitrogens with two attached hydrogens (primary N) is 1. The van der Waals surface area contributed by atoms with Crippen molar-refractivity contribution in [2.24, 2.45) is 0 Å². The summed E-state index contributed by atoms with van der Waals surface area (Å²) in [5.41, 5.74) is 10.4. The Balaban J connectivity index is 1.56. The highest BCUT2D eigenvalue weighted by Gasteiger charge is 2.08. The van der Waals surface area contributed by atoms with Crippen molar-refractivity contribution < 1.29 is 4.79 Å². The van der Waals surface area contributed by atoms with Crippen molar-refractivity contribution in [3.63, 3.8) is 0 Å². The number of carbonyl (C=O) groups is 1. The Labute approximate surface area is 143 Å². The van der Waals surface area contributed by atoms with Gasteiger partial charge in [-0.25, -0.2) is 4.98 Å². The number of rotatable bonds is 3. The summed E-state index contributed by atoms with van der Waals surface area (Å²) in [6.45, 7) is 0. The highest BCUT2D eigenvalue weighted by molar-refractivity contribution is 6.04. The van der Waals surface area contributed by atoms with Crippen LogP contribution in [-0.4, -0.2) is 20.9 Å². The summed E-state index contributed by atoms with van der Waals surface area (Å²) < 4.78 is 0. The van der Waals surface area contributed by atoms with Gasteiger partial charge in [-0.2, -0.15) is 0 Å². The molecule has 1 amide bonds. The maximum absolute atomic E-state index is 12.1. The Morgan fingerprint density at radius 3 is 2.52 bits per heavy atom. The van der Waals surface area contributed by atoms with Crippen molar-refractivity contribution in [2.45, 2.75) is 0 Å². The third-order valence-electron chi connectivity index (χ3n) is 3.86. The second kappa shape index (κ2) is 6.09. The molecule has 0 aliphatic heterocycles. The molecule has 4 aromatic rings. The molecule has 0 bridgehead atoms. The minimum Gasteiger partial charge on any atom is -0.399 e. The van der Waals surface area contributed by atoms with Crippen LogP contribution in [0.5, 0.6) is 0 Å². The number of aromatic amines is 1. The molecule has 0 saturated heterocycles. The van der Waals surface area contributed by atoms with Crippen LogP contribution >= 0.6 is 0 Å². The summed E-state index contributed by atoms with van der Waals surface area (Å²) in [5.74, 6) is 0.585. The van der Waals surface area contributed by atoms with Gasteiger partial charge in [-0.15, -0.1) is 0 Å². The van der Waals surface area contributed by atoms with Gasteiger partial charge in [-0.3, -0.25) is 9.78 Å². The topological polar surface area (TPSA) is 96.7 Å². The number of fused-ring (bicyclic) bond motifs is 1. The predicted octanol–water partition coefficient (Wildman–Crippen LogP) is 3.46. The first-order chi connectivity index (χ1) is 12.2. The van der Waals surface area contributed by atoms with E-state index >= 15 is 0 Å². The average molecular weight is 329 g/mol.